The fraction of sp³-hybridized carbons (Fsp3) is 0.235. The van der Waals surface area contributed by atoms with Gasteiger partial charge in [-0.2, -0.15) is 0 Å². The van der Waals surface area contributed by atoms with Crippen molar-refractivity contribution in [3.63, 3.8) is 0 Å². The molecule has 2 rings (SSSR count). The number of benzene rings is 2. The van der Waals surface area contributed by atoms with Gasteiger partial charge in [-0.3, -0.25) is 4.79 Å². The minimum absolute atomic E-state index is 0.399. The molecule has 0 radical (unpaired) electrons. The molecule has 2 aromatic rings. The Morgan fingerprint density at radius 1 is 1.19 bits per heavy atom. The Morgan fingerprint density at radius 2 is 1.90 bits per heavy atom. The molecule has 3 N–H and O–H groups in total. The van der Waals surface area contributed by atoms with Crippen LogP contribution in [0.1, 0.15) is 28.4 Å². The normalized spacial score (nSPS) is 10.2. The van der Waals surface area contributed by atoms with Crippen LogP contribution in [-0.2, 0) is 6.54 Å². The summed E-state index contributed by atoms with van der Waals surface area (Å²) >= 11 is 0. The lowest BCUT2D eigenvalue weighted by Crippen LogP contribution is -2.11. The summed E-state index contributed by atoms with van der Waals surface area (Å²) in [6, 6.07) is 13.3. The number of carbonyl (C=O) groups excluding carboxylic acids is 1. The first kappa shape index (κ1) is 14.9. The lowest BCUT2D eigenvalue weighted by atomic mass is 10.0. The number of anilines is 1. The van der Waals surface area contributed by atoms with Crippen LogP contribution in [0.15, 0.2) is 42.5 Å². The molecule has 110 valence electrons. The molecule has 0 fully saturated rings. The first-order valence-corrected chi connectivity index (χ1v) is 6.96. The summed E-state index contributed by atoms with van der Waals surface area (Å²) in [5.74, 6) is 0.467. The fourth-order valence-corrected chi connectivity index (χ4v) is 2.08. The molecule has 0 aliphatic rings. The molecule has 0 atom stereocenters. The van der Waals surface area contributed by atoms with Crippen LogP contribution in [-0.4, -0.2) is 12.5 Å². The van der Waals surface area contributed by atoms with Crippen molar-refractivity contribution >= 4 is 11.6 Å². The zero-order chi connectivity index (χ0) is 15.2. The zero-order valence-corrected chi connectivity index (χ0v) is 12.3. The van der Waals surface area contributed by atoms with Crippen molar-refractivity contribution in [2.75, 3.05) is 11.9 Å². The molecule has 0 aliphatic carbocycles. The number of ether oxygens (including phenoxy) is 1. The van der Waals surface area contributed by atoms with Gasteiger partial charge in [-0.25, -0.2) is 0 Å². The van der Waals surface area contributed by atoms with Crippen LogP contribution in [0.2, 0.25) is 0 Å². The average Bonchev–Trinajstić information content (AvgIpc) is 2.47. The third-order valence-electron chi connectivity index (χ3n) is 3.28. The molecule has 0 unspecified atom stereocenters. The molecule has 0 saturated carbocycles. The van der Waals surface area contributed by atoms with Gasteiger partial charge in [0.2, 0.25) is 5.91 Å². The maximum absolute atomic E-state index is 11.1. The highest BCUT2D eigenvalue weighted by atomic mass is 16.5. The predicted octanol–water partition coefficient (Wildman–Crippen LogP) is 3.10. The topological polar surface area (TPSA) is 64.3 Å². The quantitative estimate of drug-likeness (QED) is 0.856. The second-order valence-corrected chi connectivity index (χ2v) is 4.82. The molecule has 0 saturated heterocycles. The van der Waals surface area contributed by atoms with E-state index in [1.165, 1.54) is 0 Å². The van der Waals surface area contributed by atoms with E-state index in [1.807, 2.05) is 50.2 Å². The van der Waals surface area contributed by atoms with E-state index in [-0.39, 0.29) is 0 Å². The van der Waals surface area contributed by atoms with Gasteiger partial charge < -0.3 is 15.8 Å². The Labute approximate surface area is 124 Å². The van der Waals surface area contributed by atoms with Crippen molar-refractivity contribution in [3.8, 4) is 5.75 Å². The lowest BCUT2D eigenvalue weighted by molar-refractivity contribution is 0.1000. The van der Waals surface area contributed by atoms with E-state index in [2.05, 4.69) is 5.32 Å². The van der Waals surface area contributed by atoms with E-state index in [1.54, 1.807) is 6.07 Å². The zero-order valence-electron chi connectivity index (χ0n) is 12.3. The van der Waals surface area contributed by atoms with Gasteiger partial charge in [0.25, 0.3) is 0 Å². The molecular weight excluding hydrogens is 264 g/mol. The van der Waals surface area contributed by atoms with Gasteiger partial charge in [0.15, 0.2) is 0 Å². The van der Waals surface area contributed by atoms with Gasteiger partial charge in [-0.15, -0.1) is 0 Å². The highest BCUT2D eigenvalue weighted by Gasteiger charge is 2.04. The summed E-state index contributed by atoms with van der Waals surface area (Å²) in [4.78, 5) is 11.1. The summed E-state index contributed by atoms with van der Waals surface area (Å²) in [7, 11) is 0. The van der Waals surface area contributed by atoms with Crippen molar-refractivity contribution in [1.29, 1.82) is 0 Å². The van der Waals surface area contributed by atoms with E-state index >= 15 is 0 Å². The molecule has 21 heavy (non-hydrogen) atoms. The maximum atomic E-state index is 11.1. The van der Waals surface area contributed by atoms with Crippen LogP contribution in [0.4, 0.5) is 5.69 Å². The van der Waals surface area contributed by atoms with Gasteiger partial charge >= 0.3 is 0 Å². The molecule has 4 nitrogen and oxygen atoms in total. The van der Waals surface area contributed by atoms with Crippen LogP contribution in [0.5, 0.6) is 5.75 Å². The molecular formula is C17H20N2O2. The van der Waals surface area contributed by atoms with Crippen molar-refractivity contribution in [3.05, 3.63) is 59.2 Å². The highest BCUT2D eigenvalue weighted by Crippen LogP contribution is 2.17. The van der Waals surface area contributed by atoms with Gasteiger partial charge in [-0.05, 0) is 61.4 Å². The third kappa shape index (κ3) is 3.99. The number of carbonyl (C=O) groups is 1. The number of primary amides is 1. The molecule has 0 aliphatic heterocycles. The first-order valence-electron chi connectivity index (χ1n) is 6.96. The van der Waals surface area contributed by atoms with Gasteiger partial charge in [-0.1, -0.05) is 6.07 Å². The third-order valence-corrected chi connectivity index (χ3v) is 3.28. The summed E-state index contributed by atoms with van der Waals surface area (Å²) < 4.78 is 5.41. The van der Waals surface area contributed by atoms with E-state index in [4.69, 9.17) is 10.5 Å². The Balaban J connectivity index is 2.01. The molecule has 0 aromatic heterocycles. The molecule has 2 aromatic carbocycles. The molecule has 0 bridgehead atoms. The Bertz CT molecular complexity index is 621. The van der Waals surface area contributed by atoms with E-state index in [0.29, 0.717) is 18.7 Å². The number of hydrogen-bond acceptors (Lipinski definition) is 3. The maximum Gasteiger partial charge on any atom is 0.248 e. The fourth-order valence-electron chi connectivity index (χ4n) is 2.08. The number of hydrogen-bond donors (Lipinski definition) is 2. The minimum atomic E-state index is -0.399. The Hall–Kier alpha value is -2.49. The van der Waals surface area contributed by atoms with Gasteiger partial charge in [0.1, 0.15) is 5.75 Å². The molecule has 0 heterocycles. The average molecular weight is 284 g/mol. The van der Waals surface area contributed by atoms with Crippen LogP contribution in [0.3, 0.4) is 0 Å². The van der Waals surface area contributed by atoms with Gasteiger partial charge in [0.05, 0.1) is 6.61 Å². The minimum Gasteiger partial charge on any atom is -0.494 e. The summed E-state index contributed by atoms with van der Waals surface area (Å²) in [6.45, 7) is 5.30. The van der Waals surface area contributed by atoms with Crippen molar-refractivity contribution in [2.45, 2.75) is 20.4 Å². The summed E-state index contributed by atoms with van der Waals surface area (Å²) in [6.07, 6.45) is 0. The summed E-state index contributed by atoms with van der Waals surface area (Å²) in [5.41, 5.74) is 9.01. The van der Waals surface area contributed by atoms with Crippen LogP contribution >= 0.6 is 0 Å². The largest absolute Gasteiger partial charge is 0.494 e. The molecule has 4 heteroatoms. The van der Waals surface area contributed by atoms with Crippen LogP contribution < -0.4 is 15.8 Å². The smallest absolute Gasteiger partial charge is 0.248 e. The van der Waals surface area contributed by atoms with Crippen LogP contribution in [0.25, 0.3) is 0 Å². The first-order chi connectivity index (χ1) is 10.1. The number of rotatable bonds is 6. The lowest BCUT2D eigenvalue weighted by Gasteiger charge is -2.11. The van der Waals surface area contributed by atoms with Crippen LogP contribution in [0, 0.1) is 6.92 Å². The predicted molar refractivity (Wildman–Crippen MR) is 84.6 cm³/mol. The number of amides is 1. The van der Waals surface area contributed by atoms with Crippen molar-refractivity contribution < 1.29 is 9.53 Å². The molecule has 1 amide bonds. The summed E-state index contributed by atoms with van der Waals surface area (Å²) in [5, 5.41) is 3.35. The number of nitrogens with two attached hydrogens (primary N) is 1. The second-order valence-electron chi connectivity index (χ2n) is 4.82. The number of aryl methyl sites for hydroxylation is 1. The highest BCUT2D eigenvalue weighted by molar-refractivity contribution is 5.93. The van der Waals surface area contributed by atoms with E-state index in [9.17, 15) is 4.79 Å². The van der Waals surface area contributed by atoms with E-state index < -0.39 is 5.91 Å². The Morgan fingerprint density at radius 3 is 2.48 bits per heavy atom. The van der Waals surface area contributed by atoms with Crippen molar-refractivity contribution in [2.24, 2.45) is 5.73 Å². The van der Waals surface area contributed by atoms with E-state index in [0.717, 1.165) is 22.6 Å². The number of nitrogens with one attached hydrogen (secondary N) is 1. The Kier molecular flexibility index (Phi) is 4.82. The SMILES string of the molecule is CCOc1ccc(NCc2ccc(C(N)=O)cc2C)cc1. The standard InChI is InChI=1S/C17H20N2O2/c1-3-21-16-8-6-15(7-9-16)19-11-14-5-4-13(17(18)20)10-12(14)2/h4-10,19H,3,11H2,1-2H3,(H2,18,20). The monoisotopic (exact) mass is 284 g/mol. The second kappa shape index (κ2) is 6.79. The van der Waals surface area contributed by atoms with Gasteiger partial charge in [0, 0.05) is 17.8 Å². The molecule has 0 spiro atoms. The van der Waals surface area contributed by atoms with Crippen molar-refractivity contribution in [1.82, 2.24) is 0 Å².